The van der Waals surface area contributed by atoms with Gasteiger partial charge in [0.15, 0.2) is 5.83 Å². The molecule has 0 unspecified atom stereocenters. The van der Waals surface area contributed by atoms with Crippen molar-refractivity contribution in [1.82, 2.24) is 4.90 Å². The highest BCUT2D eigenvalue weighted by molar-refractivity contribution is 5.92. The lowest BCUT2D eigenvalue weighted by atomic mass is 9.58. The van der Waals surface area contributed by atoms with Crippen molar-refractivity contribution < 1.29 is 19.4 Å². The predicted octanol–water partition coefficient (Wildman–Crippen LogP) is 2.01. The molecule has 3 aliphatic rings. The molecule has 2 N–H and O–H groups in total. The second kappa shape index (κ2) is 5.60. The van der Waals surface area contributed by atoms with E-state index in [2.05, 4.69) is 0 Å². The molecule has 4 nitrogen and oxygen atoms in total. The molecule has 3 rings (SSSR count). The van der Waals surface area contributed by atoms with Crippen LogP contribution in [0, 0.1) is 16.7 Å². The normalized spacial score (nSPS) is 36.1. The van der Waals surface area contributed by atoms with Crippen molar-refractivity contribution in [1.29, 1.82) is 0 Å². The Morgan fingerprint density at radius 1 is 1.14 bits per heavy atom. The fourth-order valence-electron chi connectivity index (χ4n) is 4.48. The Balaban J connectivity index is 1.85. The number of rotatable bonds is 4. The number of halogens is 1. The van der Waals surface area contributed by atoms with Crippen LogP contribution in [0.4, 0.5) is 4.39 Å². The van der Waals surface area contributed by atoms with Crippen LogP contribution >= 0.6 is 0 Å². The van der Waals surface area contributed by atoms with Crippen LogP contribution in [-0.2, 0) is 4.79 Å². The molecule has 22 heavy (non-hydrogen) atoms. The van der Waals surface area contributed by atoms with E-state index in [1.165, 1.54) is 4.90 Å². The lowest BCUT2D eigenvalue weighted by Gasteiger charge is -2.46. The molecule has 0 aromatic rings. The van der Waals surface area contributed by atoms with Crippen LogP contribution in [0.1, 0.15) is 45.4 Å². The Morgan fingerprint density at radius 2 is 1.64 bits per heavy atom. The predicted molar refractivity (Wildman–Crippen MR) is 80.6 cm³/mol. The number of carbonyl (C=O) groups is 1. The van der Waals surface area contributed by atoms with Gasteiger partial charge in [-0.05, 0) is 44.1 Å². The van der Waals surface area contributed by atoms with Gasteiger partial charge in [-0.25, -0.2) is 4.39 Å². The molecule has 0 spiro atoms. The summed E-state index contributed by atoms with van der Waals surface area (Å²) in [5.41, 5.74) is -0.372. The molecule has 5 heteroatoms. The van der Waals surface area contributed by atoms with Crippen LogP contribution in [0.2, 0.25) is 0 Å². The quantitative estimate of drug-likeness (QED) is 0.781. The summed E-state index contributed by atoms with van der Waals surface area (Å²) in [5.74, 6) is -0.950. The zero-order valence-electron chi connectivity index (χ0n) is 13.3. The first-order valence-electron chi connectivity index (χ1n) is 8.36. The monoisotopic (exact) mass is 311 g/mol. The Bertz CT molecular complexity index is 480. The Morgan fingerprint density at radius 3 is 2.05 bits per heavy atom. The Kier molecular flexibility index (Phi) is 4.06. The second-order valence-electron chi connectivity index (χ2n) is 7.52. The van der Waals surface area contributed by atoms with Crippen molar-refractivity contribution in [3.8, 4) is 0 Å². The average molecular weight is 311 g/mol. The van der Waals surface area contributed by atoms with Crippen molar-refractivity contribution in [2.75, 3.05) is 26.3 Å². The summed E-state index contributed by atoms with van der Waals surface area (Å²) in [4.78, 5) is 14.0. The number of likely N-dealkylation sites (tertiary alicyclic amines) is 1. The molecule has 0 bridgehead atoms. The van der Waals surface area contributed by atoms with Crippen molar-refractivity contribution in [3.05, 3.63) is 11.4 Å². The summed E-state index contributed by atoms with van der Waals surface area (Å²) >= 11 is 0. The van der Waals surface area contributed by atoms with Gasteiger partial charge in [-0.2, -0.15) is 0 Å². The van der Waals surface area contributed by atoms with E-state index in [9.17, 15) is 19.4 Å². The van der Waals surface area contributed by atoms with Crippen LogP contribution in [0.15, 0.2) is 11.4 Å². The Labute approximate surface area is 131 Å². The molecule has 124 valence electrons. The minimum absolute atomic E-state index is 0.0513. The third kappa shape index (κ3) is 2.29. The lowest BCUT2D eigenvalue weighted by Crippen LogP contribution is -2.48. The first-order chi connectivity index (χ1) is 10.5. The molecule has 3 fully saturated rings. The minimum atomic E-state index is -0.623. The molecule has 0 aromatic heterocycles. The standard InChI is InChI=1S/C17H26FNO3/c1-12(13-4-5-13)14(18)15(22)19-8-16(10-20)6-2-3-7-17(16,9-19)11-21/h13,20-21H,2-11H2,1H3/b14-12-/t16-,17+. The van der Waals surface area contributed by atoms with E-state index in [0.29, 0.717) is 18.7 Å². The van der Waals surface area contributed by atoms with E-state index in [0.717, 1.165) is 38.5 Å². The number of aliphatic hydroxyl groups is 2. The first kappa shape index (κ1) is 15.9. The number of carbonyl (C=O) groups excluding carboxylic acids is 1. The maximum absolute atomic E-state index is 14.4. The molecule has 0 aromatic carbocycles. The molecule has 1 aliphatic heterocycles. The van der Waals surface area contributed by atoms with Crippen molar-refractivity contribution >= 4 is 5.91 Å². The van der Waals surface area contributed by atoms with Gasteiger partial charge < -0.3 is 15.1 Å². The molecule has 1 heterocycles. The summed E-state index contributed by atoms with van der Waals surface area (Å²) in [6.07, 6.45) is 5.50. The Hall–Kier alpha value is -0.940. The topological polar surface area (TPSA) is 60.8 Å². The highest BCUT2D eigenvalue weighted by Gasteiger charge is 2.59. The van der Waals surface area contributed by atoms with Crippen LogP contribution in [0.25, 0.3) is 0 Å². The summed E-state index contributed by atoms with van der Waals surface area (Å²) in [7, 11) is 0. The van der Waals surface area contributed by atoms with E-state index < -0.39 is 22.6 Å². The van der Waals surface area contributed by atoms with Gasteiger partial charge in [0.25, 0.3) is 5.91 Å². The van der Waals surface area contributed by atoms with Crippen LogP contribution < -0.4 is 0 Å². The third-order valence-electron chi connectivity index (χ3n) is 6.29. The average Bonchev–Trinajstić information content (AvgIpc) is 3.33. The van der Waals surface area contributed by atoms with Gasteiger partial charge in [-0.15, -0.1) is 0 Å². The third-order valence-corrected chi connectivity index (χ3v) is 6.29. The van der Waals surface area contributed by atoms with E-state index >= 15 is 0 Å². The fourth-order valence-corrected chi connectivity index (χ4v) is 4.48. The summed E-state index contributed by atoms with van der Waals surface area (Å²) < 4.78 is 14.4. The molecule has 1 amide bonds. The summed E-state index contributed by atoms with van der Waals surface area (Å²) in [6.45, 7) is 2.31. The zero-order valence-corrected chi connectivity index (χ0v) is 13.3. The molecule has 2 aliphatic carbocycles. The maximum atomic E-state index is 14.4. The number of allylic oxidation sites excluding steroid dienone is 1. The summed E-state index contributed by atoms with van der Waals surface area (Å²) in [5, 5.41) is 19.9. The number of aliphatic hydroxyl groups excluding tert-OH is 2. The van der Waals surface area contributed by atoms with Gasteiger partial charge in [0, 0.05) is 23.9 Å². The number of hydrogen-bond acceptors (Lipinski definition) is 3. The van der Waals surface area contributed by atoms with Gasteiger partial charge in [0.2, 0.25) is 0 Å². The second-order valence-corrected chi connectivity index (χ2v) is 7.52. The lowest BCUT2D eigenvalue weighted by molar-refractivity contribution is -0.128. The number of hydrogen-bond donors (Lipinski definition) is 2. The minimum Gasteiger partial charge on any atom is -0.396 e. The summed E-state index contributed by atoms with van der Waals surface area (Å²) in [6, 6.07) is 0. The number of amides is 1. The molecule has 1 saturated heterocycles. The largest absolute Gasteiger partial charge is 0.396 e. The number of nitrogens with zero attached hydrogens (tertiary/aromatic N) is 1. The van der Waals surface area contributed by atoms with Crippen molar-refractivity contribution in [2.24, 2.45) is 16.7 Å². The van der Waals surface area contributed by atoms with Crippen LogP contribution in [0.3, 0.4) is 0 Å². The van der Waals surface area contributed by atoms with Gasteiger partial charge in [0.05, 0.1) is 13.2 Å². The molecule has 2 saturated carbocycles. The zero-order chi connectivity index (χ0) is 16.0. The van der Waals surface area contributed by atoms with E-state index in [4.69, 9.17) is 0 Å². The SMILES string of the molecule is C/C(=C(/F)C(=O)N1C[C@]2(CO)CCCC[C@]2(CO)C1)C1CC1. The number of fused-ring (bicyclic) bond motifs is 1. The van der Waals surface area contributed by atoms with E-state index in [1.54, 1.807) is 6.92 Å². The van der Waals surface area contributed by atoms with Crippen molar-refractivity contribution in [3.63, 3.8) is 0 Å². The molecular weight excluding hydrogens is 285 g/mol. The van der Waals surface area contributed by atoms with Gasteiger partial charge >= 0.3 is 0 Å². The van der Waals surface area contributed by atoms with Crippen LogP contribution in [-0.4, -0.2) is 47.3 Å². The van der Waals surface area contributed by atoms with E-state index in [-0.39, 0.29) is 19.1 Å². The van der Waals surface area contributed by atoms with Gasteiger partial charge in [-0.3, -0.25) is 4.79 Å². The highest BCUT2D eigenvalue weighted by atomic mass is 19.1. The van der Waals surface area contributed by atoms with Gasteiger partial charge in [0.1, 0.15) is 0 Å². The van der Waals surface area contributed by atoms with Crippen LogP contribution in [0.5, 0.6) is 0 Å². The van der Waals surface area contributed by atoms with E-state index in [1.807, 2.05) is 0 Å². The molecular formula is C17H26FNO3. The van der Waals surface area contributed by atoms with Crippen molar-refractivity contribution in [2.45, 2.75) is 45.4 Å². The highest BCUT2D eigenvalue weighted by Crippen LogP contribution is 2.55. The fraction of sp³-hybridized carbons (Fsp3) is 0.824. The maximum Gasteiger partial charge on any atom is 0.282 e. The molecule has 0 radical (unpaired) electrons. The molecule has 2 atom stereocenters. The van der Waals surface area contributed by atoms with Gasteiger partial charge in [-0.1, -0.05) is 12.8 Å². The smallest absolute Gasteiger partial charge is 0.282 e. The first-order valence-corrected chi connectivity index (χ1v) is 8.36.